The van der Waals surface area contributed by atoms with Gasteiger partial charge in [-0.2, -0.15) is 0 Å². The molecular weight excluding hydrogens is 332 g/mol. The molecule has 0 saturated carbocycles. The number of benzene rings is 1. The summed E-state index contributed by atoms with van der Waals surface area (Å²) in [4.78, 5) is 1.51. The first-order chi connectivity index (χ1) is 9.90. The van der Waals surface area contributed by atoms with Crippen LogP contribution in [0.25, 0.3) is 0 Å². The van der Waals surface area contributed by atoms with Crippen LogP contribution in [0.1, 0.15) is 43.2 Å². The molecular formula is C17H25BrOS. The van der Waals surface area contributed by atoms with Gasteiger partial charge in [-0.15, -0.1) is 11.8 Å². The van der Waals surface area contributed by atoms with Crippen LogP contribution in [0.3, 0.4) is 0 Å². The molecule has 0 fully saturated rings. The molecule has 0 atom stereocenters. The lowest BCUT2D eigenvalue weighted by molar-refractivity contribution is 0.128. The molecule has 1 aromatic rings. The van der Waals surface area contributed by atoms with Gasteiger partial charge >= 0.3 is 0 Å². The fourth-order valence-electron chi connectivity index (χ4n) is 2.50. The van der Waals surface area contributed by atoms with Gasteiger partial charge in [0.25, 0.3) is 0 Å². The van der Waals surface area contributed by atoms with E-state index in [0.29, 0.717) is 0 Å². The number of unbranched alkanes of at least 4 members (excludes halogenated alkanes) is 3. The van der Waals surface area contributed by atoms with Gasteiger partial charge in [-0.05, 0) is 49.3 Å². The third kappa shape index (κ3) is 5.79. The fraction of sp³-hybridized carbons (Fsp3) is 0.647. The van der Waals surface area contributed by atoms with Crippen LogP contribution in [0.4, 0.5) is 0 Å². The Balaban J connectivity index is 1.51. The predicted octanol–water partition coefficient (Wildman–Crippen LogP) is 5.24. The van der Waals surface area contributed by atoms with Gasteiger partial charge in [0.1, 0.15) is 0 Å². The number of aryl methyl sites for hydroxylation is 2. The molecule has 0 aliphatic carbocycles. The summed E-state index contributed by atoms with van der Waals surface area (Å²) in [6, 6.07) is 6.99. The zero-order valence-corrected chi connectivity index (χ0v) is 14.6. The Morgan fingerprint density at radius 1 is 1.05 bits per heavy atom. The first-order valence-electron chi connectivity index (χ1n) is 7.78. The highest BCUT2D eigenvalue weighted by atomic mass is 79.9. The van der Waals surface area contributed by atoms with Crippen LogP contribution < -0.4 is 0 Å². The summed E-state index contributed by atoms with van der Waals surface area (Å²) < 4.78 is 5.71. The quantitative estimate of drug-likeness (QED) is 0.418. The Labute approximate surface area is 136 Å². The molecule has 20 heavy (non-hydrogen) atoms. The van der Waals surface area contributed by atoms with E-state index in [1.54, 1.807) is 5.56 Å². The second-order valence-corrected chi connectivity index (χ2v) is 7.29. The van der Waals surface area contributed by atoms with Crippen LogP contribution in [-0.2, 0) is 17.6 Å². The van der Waals surface area contributed by atoms with Crippen LogP contribution in [0.15, 0.2) is 23.1 Å². The predicted molar refractivity (Wildman–Crippen MR) is 92.3 cm³/mol. The lowest BCUT2D eigenvalue weighted by Gasteiger charge is -2.06. The molecule has 1 aliphatic rings. The largest absolute Gasteiger partial charge is 0.381 e. The highest BCUT2D eigenvalue weighted by Gasteiger charge is 2.11. The van der Waals surface area contributed by atoms with Gasteiger partial charge in [-0.1, -0.05) is 40.9 Å². The third-order valence-corrected chi connectivity index (χ3v) is 5.35. The van der Waals surface area contributed by atoms with Gasteiger partial charge in [-0.25, -0.2) is 0 Å². The van der Waals surface area contributed by atoms with Crippen molar-refractivity contribution in [1.29, 1.82) is 0 Å². The average molecular weight is 357 g/mol. The van der Waals surface area contributed by atoms with Crippen molar-refractivity contribution < 1.29 is 4.74 Å². The molecule has 1 nitrogen and oxygen atoms in total. The summed E-state index contributed by atoms with van der Waals surface area (Å²) in [6.07, 6.45) is 8.66. The maximum Gasteiger partial charge on any atom is 0.0469 e. The molecule has 1 aliphatic heterocycles. The molecule has 0 spiro atoms. The van der Waals surface area contributed by atoms with Crippen LogP contribution >= 0.6 is 27.7 Å². The highest BCUT2D eigenvalue weighted by molar-refractivity contribution is 9.09. The van der Waals surface area contributed by atoms with Crippen LogP contribution in [0.5, 0.6) is 0 Å². The Kier molecular flexibility index (Phi) is 8.07. The van der Waals surface area contributed by atoms with Crippen molar-refractivity contribution in [2.24, 2.45) is 0 Å². The molecule has 0 aromatic heterocycles. The number of hydrogen-bond acceptors (Lipinski definition) is 2. The summed E-state index contributed by atoms with van der Waals surface area (Å²) in [5.41, 5.74) is 3.01. The van der Waals surface area contributed by atoms with Gasteiger partial charge in [0.15, 0.2) is 0 Å². The highest BCUT2D eigenvalue weighted by Crippen LogP contribution is 2.31. The molecule has 112 valence electrons. The minimum Gasteiger partial charge on any atom is -0.381 e. The molecule has 2 rings (SSSR count). The van der Waals surface area contributed by atoms with Crippen molar-refractivity contribution in [2.45, 2.75) is 49.8 Å². The van der Waals surface area contributed by atoms with E-state index in [1.807, 2.05) is 11.8 Å². The van der Waals surface area contributed by atoms with Crippen molar-refractivity contribution in [3.8, 4) is 0 Å². The molecule has 0 N–H and O–H groups in total. The normalized spacial score (nSPS) is 13.7. The first kappa shape index (κ1) is 16.4. The summed E-state index contributed by atoms with van der Waals surface area (Å²) in [7, 11) is 0. The maximum absolute atomic E-state index is 5.71. The zero-order chi connectivity index (χ0) is 14.0. The zero-order valence-electron chi connectivity index (χ0n) is 12.2. The van der Waals surface area contributed by atoms with E-state index < -0.39 is 0 Å². The van der Waals surface area contributed by atoms with Crippen molar-refractivity contribution >= 4 is 27.7 Å². The third-order valence-electron chi connectivity index (χ3n) is 3.69. The number of hydrogen-bond donors (Lipinski definition) is 0. The molecule has 0 unspecified atom stereocenters. The van der Waals surface area contributed by atoms with Gasteiger partial charge < -0.3 is 4.74 Å². The van der Waals surface area contributed by atoms with E-state index in [0.717, 1.165) is 31.4 Å². The summed E-state index contributed by atoms with van der Waals surface area (Å²) in [5, 5.41) is 1.13. The van der Waals surface area contributed by atoms with Gasteiger partial charge in [-0.3, -0.25) is 0 Å². The summed E-state index contributed by atoms with van der Waals surface area (Å²) in [5.74, 6) is 1.26. The Morgan fingerprint density at radius 3 is 2.80 bits per heavy atom. The lowest BCUT2D eigenvalue weighted by Crippen LogP contribution is -1.99. The smallest absolute Gasteiger partial charge is 0.0469 e. The molecule has 3 heteroatoms. The Morgan fingerprint density at radius 2 is 1.90 bits per heavy atom. The van der Waals surface area contributed by atoms with Crippen molar-refractivity contribution in [1.82, 2.24) is 0 Å². The number of fused-ring (bicyclic) bond motifs is 1. The van der Waals surface area contributed by atoms with Gasteiger partial charge in [0.2, 0.25) is 0 Å². The van der Waals surface area contributed by atoms with E-state index in [2.05, 4.69) is 34.1 Å². The van der Waals surface area contributed by atoms with E-state index in [9.17, 15) is 0 Å². The van der Waals surface area contributed by atoms with Gasteiger partial charge in [0.05, 0.1) is 0 Å². The Hall–Kier alpha value is 0.01000. The second-order valence-electron chi connectivity index (χ2n) is 5.36. The molecule has 0 radical (unpaired) electrons. The minimum absolute atomic E-state index is 0.905. The number of rotatable bonds is 10. The fourth-order valence-corrected chi connectivity index (χ4v) is 4.03. The number of halogens is 1. The second kappa shape index (κ2) is 9.86. The SMILES string of the molecule is BrCCCCCCOCCCc1ccc2c(c1)SCC2. The molecule has 0 bridgehead atoms. The lowest BCUT2D eigenvalue weighted by atomic mass is 10.1. The van der Waals surface area contributed by atoms with E-state index in [1.165, 1.54) is 48.3 Å². The Bertz CT molecular complexity index is 395. The molecule has 0 amide bonds. The molecule has 0 saturated heterocycles. The number of alkyl halides is 1. The van der Waals surface area contributed by atoms with E-state index in [-0.39, 0.29) is 0 Å². The summed E-state index contributed by atoms with van der Waals surface area (Å²) >= 11 is 5.46. The standard InChI is InChI=1S/C17H25BrOS/c18-10-3-1-2-4-11-19-12-5-6-15-7-8-16-9-13-20-17(16)14-15/h7-8,14H,1-6,9-13H2. The first-order valence-corrected chi connectivity index (χ1v) is 9.89. The number of thioether (sulfide) groups is 1. The van der Waals surface area contributed by atoms with Gasteiger partial charge in [0, 0.05) is 29.2 Å². The van der Waals surface area contributed by atoms with Crippen molar-refractivity contribution in [2.75, 3.05) is 24.3 Å². The van der Waals surface area contributed by atoms with E-state index in [4.69, 9.17) is 4.74 Å². The summed E-state index contributed by atoms with van der Waals surface area (Å²) in [6.45, 7) is 1.84. The minimum atomic E-state index is 0.905. The maximum atomic E-state index is 5.71. The number of ether oxygens (including phenoxy) is 1. The van der Waals surface area contributed by atoms with Crippen molar-refractivity contribution in [3.63, 3.8) is 0 Å². The monoisotopic (exact) mass is 356 g/mol. The van der Waals surface area contributed by atoms with Crippen LogP contribution in [0.2, 0.25) is 0 Å². The van der Waals surface area contributed by atoms with Crippen LogP contribution in [-0.4, -0.2) is 24.3 Å². The van der Waals surface area contributed by atoms with E-state index >= 15 is 0 Å². The average Bonchev–Trinajstić information content (AvgIpc) is 2.93. The molecule has 1 aromatic carbocycles. The van der Waals surface area contributed by atoms with Crippen molar-refractivity contribution in [3.05, 3.63) is 29.3 Å². The topological polar surface area (TPSA) is 9.23 Å². The van der Waals surface area contributed by atoms with Crippen LogP contribution in [0, 0.1) is 0 Å². The molecule has 1 heterocycles.